The summed E-state index contributed by atoms with van der Waals surface area (Å²) in [7, 11) is 0. The van der Waals surface area contributed by atoms with Crippen molar-refractivity contribution < 1.29 is 19.5 Å². The number of carbonyl (C=O) groups is 2. The molecule has 0 aliphatic carbocycles. The molecule has 0 aliphatic rings. The van der Waals surface area contributed by atoms with Gasteiger partial charge in [0.1, 0.15) is 17.9 Å². The highest BCUT2D eigenvalue weighted by Gasteiger charge is 2.25. The zero-order valence-electron chi connectivity index (χ0n) is 12.5. The van der Waals surface area contributed by atoms with Gasteiger partial charge in [-0.1, -0.05) is 30.3 Å². The van der Waals surface area contributed by atoms with E-state index in [4.69, 9.17) is 9.94 Å². The van der Waals surface area contributed by atoms with E-state index in [1.807, 2.05) is 35.8 Å². The number of hydrogen-bond donors (Lipinski definition) is 3. The third-order valence-corrected chi connectivity index (χ3v) is 2.73. The van der Waals surface area contributed by atoms with E-state index in [9.17, 15) is 9.59 Å². The maximum atomic E-state index is 11.8. The number of benzene rings is 1. The maximum absolute atomic E-state index is 11.8. The summed E-state index contributed by atoms with van der Waals surface area (Å²) in [5.74, 6) is 0. The number of nitrogens with one attached hydrogen (secondary N) is 2. The molecule has 0 spiro atoms. The van der Waals surface area contributed by atoms with Crippen molar-refractivity contribution in [2.45, 2.75) is 44.9 Å². The smallest absolute Gasteiger partial charge is 0.407 e. The van der Waals surface area contributed by atoms with Crippen LogP contribution in [0.3, 0.4) is 0 Å². The van der Waals surface area contributed by atoms with Gasteiger partial charge in [-0.05, 0) is 32.8 Å². The fourth-order valence-corrected chi connectivity index (χ4v) is 1.81. The van der Waals surface area contributed by atoms with Crippen LogP contribution in [-0.2, 0) is 16.0 Å². The first-order chi connectivity index (χ1) is 9.85. The molecule has 0 saturated carbocycles. The van der Waals surface area contributed by atoms with Crippen LogP contribution in [0.2, 0.25) is 0 Å². The second-order valence-electron chi connectivity index (χ2n) is 5.73. The highest BCUT2D eigenvalue weighted by Crippen LogP contribution is 2.09. The lowest BCUT2D eigenvalue weighted by atomic mass is 10.0. The first kappa shape index (κ1) is 17.1. The molecule has 0 fully saturated rings. The van der Waals surface area contributed by atoms with E-state index in [0.29, 0.717) is 12.7 Å². The minimum Gasteiger partial charge on any atom is -0.444 e. The molecule has 1 rings (SSSR count). The van der Waals surface area contributed by atoms with Crippen molar-refractivity contribution in [2.75, 3.05) is 0 Å². The van der Waals surface area contributed by atoms with Crippen molar-refractivity contribution in [2.24, 2.45) is 0 Å². The molecule has 21 heavy (non-hydrogen) atoms. The van der Waals surface area contributed by atoms with Crippen LogP contribution in [0.25, 0.3) is 0 Å². The normalized spacial score (nSPS) is 14.1. The molecule has 0 aliphatic heterocycles. The SMILES string of the molecule is CC(C)(C)OC(=O)NC(Cc1ccccc1)[C@H](C=O)NO. The van der Waals surface area contributed by atoms with Crippen molar-refractivity contribution in [3.05, 3.63) is 35.9 Å². The average molecular weight is 294 g/mol. The number of rotatable bonds is 6. The number of aldehydes is 1. The molecule has 2 atom stereocenters. The van der Waals surface area contributed by atoms with Gasteiger partial charge in [-0.25, -0.2) is 4.79 Å². The highest BCUT2D eigenvalue weighted by atomic mass is 16.6. The topological polar surface area (TPSA) is 87.7 Å². The van der Waals surface area contributed by atoms with Gasteiger partial charge < -0.3 is 20.1 Å². The third-order valence-electron chi connectivity index (χ3n) is 2.73. The zero-order valence-corrected chi connectivity index (χ0v) is 12.5. The Balaban J connectivity index is 2.78. The number of amides is 1. The van der Waals surface area contributed by atoms with E-state index in [-0.39, 0.29) is 0 Å². The van der Waals surface area contributed by atoms with E-state index < -0.39 is 23.8 Å². The van der Waals surface area contributed by atoms with Gasteiger partial charge in [0, 0.05) is 0 Å². The van der Waals surface area contributed by atoms with E-state index >= 15 is 0 Å². The second kappa shape index (κ2) is 7.75. The molecule has 6 nitrogen and oxygen atoms in total. The molecular formula is C15H22N2O4. The molecule has 0 bridgehead atoms. The fraction of sp³-hybridized carbons (Fsp3) is 0.467. The van der Waals surface area contributed by atoms with Crippen molar-refractivity contribution in [3.8, 4) is 0 Å². The fourth-order valence-electron chi connectivity index (χ4n) is 1.81. The van der Waals surface area contributed by atoms with Crippen molar-refractivity contribution >= 4 is 12.4 Å². The van der Waals surface area contributed by atoms with Crippen LogP contribution in [0, 0.1) is 0 Å². The van der Waals surface area contributed by atoms with Crippen molar-refractivity contribution in [1.82, 2.24) is 10.8 Å². The van der Waals surface area contributed by atoms with Gasteiger partial charge in [-0.15, -0.1) is 0 Å². The lowest BCUT2D eigenvalue weighted by Crippen LogP contribution is -2.52. The number of ether oxygens (including phenoxy) is 1. The standard InChI is InChI=1S/C15H22N2O4/c1-15(2,3)21-14(19)16-12(13(10-18)17-20)9-11-7-5-4-6-8-11/h4-8,10,12-13,17,20H,9H2,1-3H3,(H,16,19)/t12?,13-/m0/s1. The molecule has 3 N–H and O–H groups in total. The quantitative estimate of drug-likeness (QED) is 0.549. The average Bonchev–Trinajstić information content (AvgIpc) is 2.39. The Morgan fingerprint density at radius 1 is 1.33 bits per heavy atom. The molecule has 1 unspecified atom stereocenters. The number of hydroxylamine groups is 1. The second-order valence-corrected chi connectivity index (χ2v) is 5.73. The molecule has 0 aromatic heterocycles. The Labute approximate surface area is 124 Å². The summed E-state index contributed by atoms with van der Waals surface area (Å²) < 4.78 is 5.17. The minimum absolute atomic E-state index is 0.386. The van der Waals surface area contributed by atoms with Gasteiger partial charge in [0.15, 0.2) is 0 Å². The maximum Gasteiger partial charge on any atom is 0.407 e. The summed E-state index contributed by atoms with van der Waals surface area (Å²) in [5.41, 5.74) is 2.20. The summed E-state index contributed by atoms with van der Waals surface area (Å²) in [6.45, 7) is 5.25. The first-order valence-corrected chi connectivity index (χ1v) is 6.74. The van der Waals surface area contributed by atoms with Gasteiger partial charge in [-0.2, -0.15) is 5.48 Å². The summed E-state index contributed by atoms with van der Waals surface area (Å²) in [6.07, 6.45) is 0.299. The third kappa shape index (κ3) is 6.37. The minimum atomic E-state index is -0.919. The van der Waals surface area contributed by atoms with Gasteiger partial charge in [0.2, 0.25) is 0 Å². The Hall–Kier alpha value is -1.92. The first-order valence-electron chi connectivity index (χ1n) is 6.74. The van der Waals surface area contributed by atoms with Gasteiger partial charge in [0.05, 0.1) is 6.04 Å². The monoisotopic (exact) mass is 294 g/mol. The van der Waals surface area contributed by atoms with Gasteiger partial charge in [-0.3, -0.25) is 0 Å². The van der Waals surface area contributed by atoms with E-state index in [0.717, 1.165) is 5.56 Å². The molecule has 116 valence electrons. The predicted octanol–water partition coefficient (Wildman–Crippen LogP) is 1.67. The molecule has 6 heteroatoms. The predicted molar refractivity (Wildman–Crippen MR) is 78.1 cm³/mol. The zero-order chi connectivity index (χ0) is 15.9. The number of hydrogen-bond acceptors (Lipinski definition) is 5. The molecule has 0 heterocycles. The lowest BCUT2D eigenvalue weighted by Gasteiger charge is -2.26. The Morgan fingerprint density at radius 2 is 1.95 bits per heavy atom. The number of alkyl carbamates (subject to hydrolysis) is 1. The highest BCUT2D eigenvalue weighted by molar-refractivity contribution is 5.70. The summed E-state index contributed by atoms with van der Waals surface area (Å²) in [6, 6.07) is 7.82. The van der Waals surface area contributed by atoms with Crippen molar-refractivity contribution in [3.63, 3.8) is 0 Å². The van der Waals surface area contributed by atoms with Crippen molar-refractivity contribution in [1.29, 1.82) is 0 Å². The van der Waals surface area contributed by atoms with Crippen LogP contribution < -0.4 is 10.8 Å². The van der Waals surface area contributed by atoms with Crippen LogP contribution in [0.1, 0.15) is 26.3 Å². The van der Waals surface area contributed by atoms with Crippen LogP contribution in [0.15, 0.2) is 30.3 Å². The lowest BCUT2D eigenvalue weighted by molar-refractivity contribution is -0.112. The van der Waals surface area contributed by atoms with Crippen LogP contribution in [-0.4, -0.2) is 35.3 Å². The Morgan fingerprint density at radius 3 is 2.43 bits per heavy atom. The summed E-state index contributed by atoms with van der Waals surface area (Å²) >= 11 is 0. The van der Waals surface area contributed by atoms with Crippen LogP contribution in [0.4, 0.5) is 4.79 Å². The molecule has 1 aromatic carbocycles. The van der Waals surface area contributed by atoms with E-state index in [1.165, 1.54) is 0 Å². The summed E-state index contributed by atoms with van der Waals surface area (Å²) in [5, 5.41) is 11.7. The molecule has 1 aromatic rings. The van der Waals surface area contributed by atoms with Crippen LogP contribution >= 0.6 is 0 Å². The van der Waals surface area contributed by atoms with Crippen LogP contribution in [0.5, 0.6) is 0 Å². The molecule has 1 amide bonds. The number of carbonyl (C=O) groups excluding carboxylic acids is 2. The Kier molecular flexibility index (Phi) is 6.33. The van der Waals surface area contributed by atoms with E-state index in [1.54, 1.807) is 20.8 Å². The molecule has 0 radical (unpaired) electrons. The summed E-state index contributed by atoms with van der Waals surface area (Å²) in [4.78, 5) is 22.9. The van der Waals surface area contributed by atoms with E-state index in [2.05, 4.69) is 5.32 Å². The van der Waals surface area contributed by atoms with Gasteiger partial charge in [0.25, 0.3) is 0 Å². The Bertz CT molecular complexity index is 456. The van der Waals surface area contributed by atoms with Gasteiger partial charge >= 0.3 is 6.09 Å². The molecule has 0 saturated heterocycles. The molecular weight excluding hydrogens is 272 g/mol. The largest absolute Gasteiger partial charge is 0.444 e.